The van der Waals surface area contributed by atoms with E-state index in [1.54, 1.807) is 6.07 Å². The van der Waals surface area contributed by atoms with Crippen molar-refractivity contribution >= 4 is 5.97 Å². The fourth-order valence-corrected chi connectivity index (χ4v) is 1.17. The molecule has 0 atom stereocenters. The minimum Gasteiger partial charge on any atom is -0.507 e. The number of hydrogen-bond donors (Lipinski definition) is 2. The molecule has 0 unspecified atom stereocenters. The first-order valence-corrected chi connectivity index (χ1v) is 4.39. The molecular weight excluding hydrogens is 180 g/mol. The summed E-state index contributed by atoms with van der Waals surface area (Å²) in [5, 5.41) is 18.1. The van der Waals surface area contributed by atoms with Crippen LogP contribution in [0.4, 0.5) is 0 Å². The third-order valence-corrected chi connectivity index (χ3v) is 2.09. The lowest BCUT2D eigenvalue weighted by Gasteiger charge is -2.19. The first-order chi connectivity index (χ1) is 6.32. The zero-order valence-electron chi connectivity index (χ0n) is 8.53. The van der Waals surface area contributed by atoms with Gasteiger partial charge >= 0.3 is 5.97 Å². The number of aromatic carboxylic acids is 1. The van der Waals surface area contributed by atoms with Crippen molar-refractivity contribution in [3.05, 3.63) is 29.3 Å². The van der Waals surface area contributed by atoms with Gasteiger partial charge in [-0.25, -0.2) is 4.79 Å². The summed E-state index contributed by atoms with van der Waals surface area (Å²) >= 11 is 0. The van der Waals surface area contributed by atoms with E-state index in [1.807, 2.05) is 20.8 Å². The van der Waals surface area contributed by atoms with Gasteiger partial charge in [0.25, 0.3) is 0 Å². The highest BCUT2D eigenvalue weighted by molar-refractivity contribution is 5.91. The number of phenols is 1. The Morgan fingerprint density at radius 1 is 1.29 bits per heavy atom. The molecule has 0 saturated heterocycles. The van der Waals surface area contributed by atoms with E-state index in [-0.39, 0.29) is 16.7 Å². The van der Waals surface area contributed by atoms with Gasteiger partial charge in [-0.15, -0.1) is 0 Å². The molecule has 0 spiro atoms. The zero-order chi connectivity index (χ0) is 10.9. The number of aromatic hydroxyl groups is 1. The van der Waals surface area contributed by atoms with Gasteiger partial charge in [-0.1, -0.05) is 26.8 Å². The van der Waals surface area contributed by atoms with E-state index in [1.165, 1.54) is 12.1 Å². The largest absolute Gasteiger partial charge is 0.507 e. The third kappa shape index (κ3) is 2.05. The van der Waals surface area contributed by atoms with E-state index in [2.05, 4.69) is 0 Å². The molecule has 14 heavy (non-hydrogen) atoms. The minimum absolute atomic E-state index is 0.0441. The number of carboxylic acid groups (broad SMARTS) is 1. The van der Waals surface area contributed by atoms with Crippen LogP contribution in [0.5, 0.6) is 5.75 Å². The molecule has 1 aromatic rings. The van der Waals surface area contributed by atoms with Gasteiger partial charge in [0, 0.05) is 0 Å². The molecule has 0 fully saturated rings. The molecule has 0 aromatic heterocycles. The normalized spacial score (nSPS) is 11.4. The average Bonchev–Trinajstić information content (AvgIpc) is 2.02. The van der Waals surface area contributed by atoms with E-state index < -0.39 is 5.97 Å². The van der Waals surface area contributed by atoms with E-state index in [9.17, 15) is 9.90 Å². The van der Waals surface area contributed by atoms with E-state index in [0.29, 0.717) is 0 Å². The van der Waals surface area contributed by atoms with Crippen LogP contribution in [0.15, 0.2) is 18.2 Å². The topological polar surface area (TPSA) is 57.5 Å². The van der Waals surface area contributed by atoms with Gasteiger partial charge < -0.3 is 10.2 Å². The maximum absolute atomic E-state index is 10.7. The van der Waals surface area contributed by atoms with Crippen LogP contribution in [-0.4, -0.2) is 16.2 Å². The van der Waals surface area contributed by atoms with Crippen molar-refractivity contribution in [2.24, 2.45) is 0 Å². The van der Waals surface area contributed by atoms with E-state index >= 15 is 0 Å². The summed E-state index contributed by atoms with van der Waals surface area (Å²) in [7, 11) is 0. The van der Waals surface area contributed by atoms with Crippen LogP contribution in [0.1, 0.15) is 36.7 Å². The molecule has 3 heteroatoms. The Labute approximate surface area is 83.0 Å². The Morgan fingerprint density at radius 2 is 1.86 bits per heavy atom. The van der Waals surface area contributed by atoms with Crippen LogP contribution >= 0.6 is 0 Å². The first-order valence-electron chi connectivity index (χ1n) is 4.39. The Morgan fingerprint density at radius 3 is 2.29 bits per heavy atom. The SMILES string of the molecule is CC(C)(C)c1ccc(O)c(C(=O)O)c1. The standard InChI is InChI=1S/C11H14O3/c1-11(2,3)7-4-5-9(12)8(6-7)10(13)14/h4-6,12H,1-3H3,(H,13,14). The number of carbonyl (C=O) groups is 1. The number of carboxylic acids is 1. The molecule has 0 saturated carbocycles. The van der Waals surface area contributed by atoms with Gasteiger partial charge in [0.15, 0.2) is 0 Å². The maximum Gasteiger partial charge on any atom is 0.339 e. The van der Waals surface area contributed by atoms with Gasteiger partial charge in [0.2, 0.25) is 0 Å². The van der Waals surface area contributed by atoms with Crippen molar-refractivity contribution < 1.29 is 15.0 Å². The van der Waals surface area contributed by atoms with Gasteiger partial charge in [-0.3, -0.25) is 0 Å². The van der Waals surface area contributed by atoms with Crippen molar-refractivity contribution in [2.75, 3.05) is 0 Å². The van der Waals surface area contributed by atoms with Crippen molar-refractivity contribution in [3.8, 4) is 5.75 Å². The fraction of sp³-hybridized carbons (Fsp3) is 0.364. The summed E-state index contributed by atoms with van der Waals surface area (Å²) in [6, 6.07) is 4.67. The monoisotopic (exact) mass is 194 g/mol. The minimum atomic E-state index is -1.10. The second-order valence-electron chi connectivity index (χ2n) is 4.29. The van der Waals surface area contributed by atoms with Crippen molar-refractivity contribution in [2.45, 2.75) is 26.2 Å². The van der Waals surface area contributed by atoms with Crippen molar-refractivity contribution in [1.82, 2.24) is 0 Å². The molecule has 1 aromatic carbocycles. The molecular formula is C11H14O3. The molecule has 0 amide bonds. The Kier molecular flexibility index (Phi) is 2.51. The van der Waals surface area contributed by atoms with Gasteiger partial charge in [0.1, 0.15) is 11.3 Å². The van der Waals surface area contributed by atoms with Crippen LogP contribution in [0.3, 0.4) is 0 Å². The van der Waals surface area contributed by atoms with E-state index in [0.717, 1.165) is 5.56 Å². The Balaban J connectivity index is 3.27. The van der Waals surface area contributed by atoms with E-state index in [4.69, 9.17) is 5.11 Å². The Hall–Kier alpha value is -1.51. The second-order valence-corrected chi connectivity index (χ2v) is 4.29. The van der Waals surface area contributed by atoms with Crippen LogP contribution in [0.25, 0.3) is 0 Å². The van der Waals surface area contributed by atoms with Crippen molar-refractivity contribution in [3.63, 3.8) is 0 Å². The summed E-state index contributed by atoms with van der Waals surface area (Å²) in [4.78, 5) is 10.7. The molecule has 76 valence electrons. The lowest BCUT2D eigenvalue weighted by atomic mass is 9.86. The highest BCUT2D eigenvalue weighted by Gasteiger charge is 2.17. The van der Waals surface area contributed by atoms with Gasteiger partial charge in [0.05, 0.1) is 0 Å². The summed E-state index contributed by atoms with van der Waals surface area (Å²) in [6.07, 6.45) is 0. The third-order valence-electron chi connectivity index (χ3n) is 2.09. The summed E-state index contributed by atoms with van der Waals surface area (Å²) in [5.41, 5.74) is 0.739. The summed E-state index contributed by atoms with van der Waals surface area (Å²) < 4.78 is 0. The molecule has 0 bridgehead atoms. The molecule has 0 aliphatic rings. The molecule has 0 heterocycles. The lowest BCUT2D eigenvalue weighted by molar-refractivity contribution is 0.0693. The highest BCUT2D eigenvalue weighted by atomic mass is 16.4. The Bertz CT molecular complexity index is 361. The predicted octanol–water partition coefficient (Wildman–Crippen LogP) is 2.39. The fourth-order valence-electron chi connectivity index (χ4n) is 1.17. The molecule has 3 nitrogen and oxygen atoms in total. The first kappa shape index (κ1) is 10.6. The molecule has 1 rings (SSSR count). The predicted molar refractivity (Wildman–Crippen MR) is 53.8 cm³/mol. The molecule has 0 aliphatic carbocycles. The zero-order valence-corrected chi connectivity index (χ0v) is 8.53. The number of benzene rings is 1. The smallest absolute Gasteiger partial charge is 0.339 e. The maximum atomic E-state index is 10.7. The van der Waals surface area contributed by atoms with Crippen LogP contribution in [-0.2, 0) is 5.41 Å². The number of rotatable bonds is 1. The van der Waals surface area contributed by atoms with Gasteiger partial charge in [-0.05, 0) is 23.1 Å². The second kappa shape index (κ2) is 3.33. The van der Waals surface area contributed by atoms with Crippen LogP contribution < -0.4 is 0 Å². The van der Waals surface area contributed by atoms with Crippen LogP contribution in [0, 0.1) is 0 Å². The quantitative estimate of drug-likeness (QED) is 0.721. The summed E-state index contributed by atoms with van der Waals surface area (Å²) in [6.45, 7) is 5.97. The number of hydrogen-bond acceptors (Lipinski definition) is 2. The average molecular weight is 194 g/mol. The molecule has 2 N–H and O–H groups in total. The highest BCUT2D eigenvalue weighted by Crippen LogP contribution is 2.27. The van der Waals surface area contributed by atoms with Crippen LogP contribution in [0.2, 0.25) is 0 Å². The summed E-state index contributed by atoms with van der Waals surface area (Å²) in [5.74, 6) is -1.29. The van der Waals surface area contributed by atoms with Gasteiger partial charge in [-0.2, -0.15) is 0 Å². The molecule has 0 aliphatic heterocycles. The lowest BCUT2D eigenvalue weighted by Crippen LogP contribution is -2.12. The van der Waals surface area contributed by atoms with Crippen molar-refractivity contribution in [1.29, 1.82) is 0 Å². The molecule has 0 radical (unpaired) electrons.